The molecule has 0 N–H and O–H groups in total. The molecule has 42 valence electrons. The second-order valence-corrected chi connectivity index (χ2v) is 2.49. The summed E-state index contributed by atoms with van der Waals surface area (Å²) < 4.78 is 0. The highest BCUT2D eigenvalue weighted by Gasteiger charge is 2.01. The van der Waals surface area contributed by atoms with Crippen LogP contribution in [0.5, 0.6) is 0 Å². The smallest absolute Gasteiger partial charge is 0.191 e. The first kappa shape index (κ1) is 7.02. The minimum Gasteiger partial charge on any atom is -0.287 e. The molecule has 0 saturated carbocycles. The molecule has 0 aromatic heterocycles. The van der Waals surface area contributed by atoms with Crippen LogP contribution in [0.2, 0.25) is 0 Å². The van der Waals surface area contributed by atoms with Crippen molar-refractivity contribution >= 4 is 16.9 Å². The van der Waals surface area contributed by atoms with E-state index in [4.69, 9.17) is 0 Å². The fourth-order valence-corrected chi connectivity index (χ4v) is 0.707. The fraction of sp³-hybridized carbons (Fsp3) is 0.800. The van der Waals surface area contributed by atoms with E-state index < -0.39 is 0 Å². The van der Waals surface area contributed by atoms with Gasteiger partial charge in [0.15, 0.2) is 5.12 Å². The molecule has 0 unspecified atom stereocenters. The van der Waals surface area contributed by atoms with Gasteiger partial charge in [0, 0.05) is 5.92 Å². The van der Waals surface area contributed by atoms with Gasteiger partial charge >= 0.3 is 0 Å². The summed E-state index contributed by atoms with van der Waals surface area (Å²) in [5.41, 5.74) is 0. The van der Waals surface area contributed by atoms with Gasteiger partial charge < -0.3 is 0 Å². The van der Waals surface area contributed by atoms with Gasteiger partial charge in [0.25, 0.3) is 0 Å². The Hall–Kier alpha value is 0.0200. The number of carbonyl (C=O) groups is 1. The van der Waals surface area contributed by atoms with E-state index in [0.717, 1.165) is 0 Å². The van der Waals surface area contributed by atoms with E-state index in [1.54, 1.807) is 0 Å². The fourth-order valence-electron chi connectivity index (χ4n) is 0.236. The number of hydrogen-bond acceptors (Lipinski definition) is 2. The van der Waals surface area contributed by atoms with Crippen LogP contribution in [0.4, 0.5) is 0 Å². The van der Waals surface area contributed by atoms with Crippen molar-refractivity contribution in [3.63, 3.8) is 0 Å². The van der Waals surface area contributed by atoms with Gasteiger partial charge in [-0.3, -0.25) is 4.79 Å². The molecule has 7 heavy (non-hydrogen) atoms. The molecule has 1 nitrogen and oxygen atoms in total. The van der Waals surface area contributed by atoms with Crippen LogP contribution in [0, 0.1) is 5.92 Å². The van der Waals surface area contributed by atoms with Crippen LogP contribution in [0.3, 0.4) is 0 Å². The zero-order valence-electron chi connectivity index (χ0n) is 4.89. The lowest BCUT2D eigenvalue weighted by Crippen LogP contribution is -1.99. The minimum atomic E-state index is 0.190. The molecule has 0 aliphatic rings. The number of thioether (sulfide) groups is 1. The van der Waals surface area contributed by atoms with Crippen molar-refractivity contribution in [3.8, 4) is 0 Å². The van der Waals surface area contributed by atoms with E-state index in [2.05, 4.69) is 0 Å². The Morgan fingerprint density at radius 1 is 1.57 bits per heavy atom. The summed E-state index contributed by atoms with van der Waals surface area (Å²) in [5.74, 6) is 0.190. The second kappa shape index (κ2) is 3.08. The van der Waals surface area contributed by atoms with Crippen LogP contribution in [0.1, 0.15) is 13.8 Å². The molecule has 0 atom stereocenters. The summed E-state index contributed by atoms with van der Waals surface area (Å²) >= 11 is 1.29. The van der Waals surface area contributed by atoms with Crippen LogP contribution in [-0.4, -0.2) is 11.4 Å². The molecule has 0 spiro atoms. The maximum absolute atomic E-state index is 10.5. The van der Waals surface area contributed by atoms with Gasteiger partial charge in [0.05, 0.1) is 0 Å². The first-order valence-corrected chi connectivity index (χ1v) is 3.48. The molecule has 0 aromatic rings. The topological polar surface area (TPSA) is 17.1 Å². The van der Waals surface area contributed by atoms with Crippen molar-refractivity contribution in [1.82, 2.24) is 0 Å². The Kier molecular flexibility index (Phi) is 3.09. The van der Waals surface area contributed by atoms with Crippen molar-refractivity contribution in [2.75, 3.05) is 6.26 Å². The number of rotatable bonds is 1. The Morgan fingerprint density at radius 3 is 2.00 bits per heavy atom. The Morgan fingerprint density at radius 2 is 2.00 bits per heavy atom. The molecule has 0 saturated heterocycles. The lowest BCUT2D eigenvalue weighted by Gasteiger charge is -1.95. The molecule has 0 fully saturated rings. The van der Waals surface area contributed by atoms with Gasteiger partial charge in [-0.1, -0.05) is 25.6 Å². The zero-order valence-corrected chi connectivity index (χ0v) is 5.71. The van der Waals surface area contributed by atoms with E-state index in [-0.39, 0.29) is 11.0 Å². The summed E-state index contributed by atoms with van der Waals surface area (Å²) in [6.07, 6.45) is 1.81. The van der Waals surface area contributed by atoms with Crippen molar-refractivity contribution < 1.29 is 4.79 Å². The highest BCUT2D eigenvalue weighted by molar-refractivity contribution is 8.13. The molecule has 0 aliphatic carbocycles. The van der Waals surface area contributed by atoms with Crippen LogP contribution < -0.4 is 0 Å². The standard InChI is InChI=1S/C5H10OS/c1-4(2)5(6)7-3/h4H,1-3H3. The van der Waals surface area contributed by atoms with Crippen LogP contribution in [-0.2, 0) is 4.79 Å². The van der Waals surface area contributed by atoms with Gasteiger partial charge in [-0.25, -0.2) is 0 Å². The molecule has 0 rings (SSSR count). The normalized spacial score (nSPS) is 9.71. The maximum atomic E-state index is 10.5. The molecule has 0 bridgehead atoms. The first-order valence-electron chi connectivity index (χ1n) is 2.26. The molecule has 0 aliphatic heterocycles. The van der Waals surface area contributed by atoms with Gasteiger partial charge in [-0.2, -0.15) is 0 Å². The molecule has 0 aromatic carbocycles. The summed E-state index contributed by atoms with van der Waals surface area (Å²) in [7, 11) is 0. The van der Waals surface area contributed by atoms with Crippen molar-refractivity contribution in [2.45, 2.75) is 13.8 Å². The van der Waals surface area contributed by atoms with Gasteiger partial charge in [-0.05, 0) is 6.26 Å². The van der Waals surface area contributed by atoms with Gasteiger partial charge in [0.1, 0.15) is 0 Å². The molecule has 0 heterocycles. The van der Waals surface area contributed by atoms with Crippen molar-refractivity contribution in [1.29, 1.82) is 0 Å². The summed E-state index contributed by atoms with van der Waals surface area (Å²) in [5, 5.41) is 0.264. The zero-order chi connectivity index (χ0) is 5.86. The van der Waals surface area contributed by atoms with E-state index in [1.807, 2.05) is 20.1 Å². The average molecular weight is 118 g/mol. The van der Waals surface area contributed by atoms with Crippen molar-refractivity contribution in [3.05, 3.63) is 0 Å². The molecule has 2 heteroatoms. The Labute approximate surface area is 48.5 Å². The second-order valence-electron chi connectivity index (χ2n) is 1.68. The number of carbonyl (C=O) groups excluding carboxylic acids is 1. The van der Waals surface area contributed by atoms with E-state index in [9.17, 15) is 4.79 Å². The first-order chi connectivity index (χ1) is 3.18. The lowest BCUT2D eigenvalue weighted by molar-refractivity contribution is -0.113. The SMILES string of the molecule is CSC(=O)C(C)C. The van der Waals surface area contributed by atoms with Gasteiger partial charge in [0.2, 0.25) is 0 Å². The Bertz CT molecular complexity index is 68.5. The predicted molar refractivity (Wildman–Crippen MR) is 33.4 cm³/mol. The highest BCUT2D eigenvalue weighted by atomic mass is 32.2. The summed E-state index contributed by atoms with van der Waals surface area (Å²) in [6, 6.07) is 0. The monoisotopic (exact) mass is 118 g/mol. The quantitative estimate of drug-likeness (QED) is 0.519. The van der Waals surface area contributed by atoms with Crippen LogP contribution in [0.25, 0.3) is 0 Å². The molecule has 0 radical (unpaired) electrons. The Balaban J connectivity index is 3.35. The molecular weight excluding hydrogens is 108 g/mol. The van der Waals surface area contributed by atoms with Crippen LogP contribution in [0.15, 0.2) is 0 Å². The largest absolute Gasteiger partial charge is 0.287 e. The summed E-state index contributed by atoms with van der Waals surface area (Å²) in [6.45, 7) is 3.80. The predicted octanol–water partition coefficient (Wildman–Crippen LogP) is 1.53. The van der Waals surface area contributed by atoms with E-state index >= 15 is 0 Å². The maximum Gasteiger partial charge on any atom is 0.191 e. The van der Waals surface area contributed by atoms with Crippen molar-refractivity contribution in [2.24, 2.45) is 5.92 Å². The average Bonchev–Trinajstić information content (AvgIpc) is 1.65. The number of hydrogen-bond donors (Lipinski definition) is 0. The summed E-state index contributed by atoms with van der Waals surface area (Å²) in [4.78, 5) is 10.5. The third-order valence-electron chi connectivity index (χ3n) is 0.673. The van der Waals surface area contributed by atoms with E-state index in [0.29, 0.717) is 0 Å². The third kappa shape index (κ3) is 2.68. The van der Waals surface area contributed by atoms with Crippen LogP contribution >= 0.6 is 11.8 Å². The van der Waals surface area contributed by atoms with Gasteiger partial charge in [-0.15, -0.1) is 0 Å². The molecular formula is C5H10OS. The minimum absolute atomic E-state index is 0.190. The lowest BCUT2D eigenvalue weighted by atomic mass is 10.3. The highest BCUT2D eigenvalue weighted by Crippen LogP contribution is 2.04. The molecule has 0 amide bonds. The third-order valence-corrected chi connectivity index (χ3v) is 1.55. The van der Waals surface area contributed by atoms with E-state index in [1.165, 1.54) is 11.8 Å².